The van der Waals surface area contributed by atoms with Crippen LogP contribution in [0.25, 0.3) is 10.6 Å². The molecule has 33 heavy (non-hydrogen) atoms. The van der Waals surface area contributed by atoms with E-state index in [1.807, 2.05) is 42.6 Å². The molecule has 0 unspecified atom stereocenters. The van der Waals surface area contributed by atoms with Gasteiger partial charge in [0.1, 0.15) is 0 Å². The number of hydrogen-bond acceptors (Lipinski definition) is 7. The molecule has 0 spiro atoms. The van der Waals surface area contributed by atoms with Gasteiger partial charge >= 0.3 is 0 Å². The fraction of sp³-hybridized carbons (Fsp3) is 0.360. The van der Waals surface area contributed by atoms with Crippen LogP contribution in [0.2, 0.25) is 0 Å². The Hall–Kier alpha value is -2.94. The first-order valence-corrected chi connectivity index (χ1v) is 12.2. The molecule has 8 heteroatoms. The highest BCUT2D eigenvalue weighted by Crippen LogP contribution is 2.33. The lowest BCUT2D eigenvalue weighted by atomic mass is 10.1. The molecule has 4 heterocycles. The largest absolute Gasteiger partial charge is 0.378 e. The van der Waals surface area contributed by atoms with Crippen molar-refractivity contribution < 1.29 is 14.3 Å². The molecule has 1 N–H and O–H groups in total. The molecule has 7 nitrogen and oxygen atoms in total. The van der Waals surface area contributed by atoms with Crippen molar-refractivity contribution in [2.45, 2.75) is 6.92 Å². The van der Waals surface area contributed by atoms with Crippen LogP contribution in [0.3, 0.4) is 0 Å². The van der Waals surface area contributed by atoms with Gasteiger partial charge in [-0.2, -0.15) is 0 Å². The molecular formula is C25H28N4O3S. The van der Waals surface area contributed by atoms with Gasteiger partial charge in [-0.15, -0.1) is 11.3 Å². The zero-order chi connectivity index (χ0) is 22.6. The number of anilines is 3. The summed E-state index contributed by atoms with van der Waals surface area (Å²) in [5.74, 6) is -0.147. The topological polar surface area (TPSA) is 66.9 Å². The number of morpholine rings is 2. The normalized spacial score (nSPS) is 16.6. The summed E-state index contributed by atoms with van der Waals surface area (Å²) in [7, 11) is 0. The van der Waals surface area contributed by atoms with Gasteiger partial charge in [0, 0.05) is 31.9 Å². The molecule has 172 valence electrons. The minimum Gasteiger partial charge on any atom is -0.378 e. The minimum atomic E-state index is -0.147. The number of carbonyl (C=O) groups excluding carboxylic acids is 1. The van der Waals surface area contributed by atoms with Gasteiger partial charge in [0.25, 0.3) is 5.91 Å². The van der Waals surface area contributed by atoms with Gasteiger partial charge in [-0.25, -0.2) is 0 Å². The molecule has 1 amide bonds. The van der Waals surface area contributed by atoms with Gasteiger partial charge in [0.05, 0.1) is 59.6 Å². The molecular weight excluding hydrogens is 436 g/mol. The average molecular weight is 465 g/mol. The SMILES string of the molecule is Cc1nc(-c2cccs2)ccc1C(=O)Nc1ccc(N2CCOCC2)cc1N1CCOCC1. The third-order valence-corrected chi connectivity index (χ3v) is 6.95. The standard InChI is InChI=1S/C25H28N4O3S/c1-18-20(5-7-22(26-18)24-3-2-16-33-24)25(30)27-21-6-4-19(28-8-12-31-13-9-28)17-23(21)29-10-14-32-15-11-29/h2-7,16-17H,8-15H2,1H3,(H,27,30). The summed E-state index contributed by atoms with van der Waals surface area (Å²) < 4.78 is 11.1. The number of nitrogens with zero attached hydrogens (tertiary/aromatic N) is 3. The van der Waals surface area contributed by atoms with E-state index in [1.54, 1.807) is 11.3 Å². The van der Waals surface area contributed by atoms with Crippen molar-refractivity contribution in [3.63, 3.8) is 0 Å². The van der Waals surface area contributed by atoms with E-state index in [1.165, 1.54) is 0 Å². The first-order chi connectivity index (χ1) is 16.2. The molecule has 2 aliphatic heterocycles. The summed E-state index contributed by atoms with van der Waals surface area (Å²) in [6, 6.07) is 14.1. The van der Waals surface area contributed by atoms with E-state index in [0.29, 0.717) is 18.8 Å². The smallest absolute Gasteiger partial charge is 0.257 e. The van der Waals surface area contributed by atoms with Crippen molar-refractivity contribution >= 4 is 34.3 Å². The number of ether oxygens (including phenoxy) is 2. The van der Waals surface area contributed by atoms with Crippen LogP contribution in [0.15, 0.2) is 47.8 Å². The third kappa shape index (κ3) is 4.88. The fourth-order valence-electron chi connectivity index (χ4n) is 4.26. The number of benzene rings is 1. The number of nitrogens with one attached hydrogen (secondary N) is 1. The summed E-state index contributed by atoms with van der Waals surface area (Å²) in [5.41, 5.74) is 5.17. The summed E-state index contributed by atoms with van der Waals surface area (Å²) in [4.78, 5) is 23.6. The van der Waals surface area contributed by atoms with Crippen molar-refractivity contribution in [2.75, 3.05) is 67.7 Å². The molecule has 0 saturated carbocycles. The second-order valence-electron chi connectivity index (χ2n) is 8.16. The molecule has 1 aromatic carbocycles. The minimum absolute atomic E-state index is 0.147. The number of aryl methyl sites for hydroxylation is 1. The predicted molar refractivity (Wildman–Crippen MR) is 133 cm³/mol. The van der Waals surface area contributed by atoms with Crippen molar-refractivity contribution in [2.24, 2.45) is 0 Å². The zero-order valence-electron chi connectivity index (χ0n) is 18.8. The number of aromatic nitrogens is 1. The van der Waals surface area contributed by atoms with E-state index in [9.17, 15) is 4.79 Å². The van der Waals surface area contributed by atoms with Gasteiger partial charge in [0.15, 0.2) is 0 Å². The molecule has 0 atom stereocenters. The second-order valence-corrected chi connectivity index (χ2v) is 9.11. The lowest BCUT2D eigenvalue weighted by Crippen LogP contribution is -2.38. The zero-order valence-corrected chi connectivity index (χ0v) is 19.6. The number of thiophene rings is 1. The van der Waals surface area contributed by atoms with E-state index in [0.717, 1.165) is 72.7 Å². The predicted octanol–water partition coefficient (Wildman–Crippen LogP) is 4.04. The summed E-state index contributed by atoms with van der Waals surface area (Å²) in [6.07, 6.45) is 0. The van der Waals surface area contributed by atoms with Gasteiger partial charge < -0.3 is 24.6 Å². The van der Waals surface area contributed by atoms with Gasteiger partial charge in [-0.3, -0.25) is 9.78 Å². The number of amides is 1. The Balaban J connectivity index is 1.41. The monoisotopic (exact) mass is 464 g/mol. The molecule has 0 radical (unpaired) electrons. The Morgan fingerprint density at radius 2 is 1.70 bits per heavy atom. The Bertz CT molecular complexity index is 1110. The van der Waals surface area contributed by atoms with E-state index >= 15 is 0 Å². The molecule has 2 aromatic heterocycles. The molecule has 2 saturated heterocycles. The average Bonchev–Trinajstić information content (AvgIpc) is 3.40. The Kier molecular flexibility index (Phi) is 6.57. The maximum absolute atomic E-state index is 13.2. The van der Waals surface area contributed by atoms with Crippen LogP contribution in [0, 0.1) is 6.92 Å². The third-order valence-electron chi connectivity index (χ3n) is 6.06. The highest BCUT2D eigenvalue weighted by atomic mass is 32.1. The van der Waals surface area contributed by atoms with E-state index in [-0.39, 0.29) is 5.91 Å². The van der Waals surface area contributed by atoms with E-state index in [2.05, 4.69) is 32.2 Å². The van der Waals surface area contributed by atoms with Crippen LogP contribution in [0.4, 0.5) is 17.1 Å². The second kappa shape index (κ2) is 9.91. The molecule has 2 fully saturated rings. The number of rotatable bonds is 5. The van der Waals surface area contributed by atoms with Crippen LogP contribution < -0.4 is 15.1 Å². The quantitative estimate of drug-likeness (QED) is 0.615. The van der Waals surface area contributed by atoms with Crippen LogP contribution >= 0.6 is 11.3 Å². The van der Waals surface area contributed by atoms with Crippen molar-refractivity contribution in [1.82, 2.24) is 4.98 Å². The molecule has 2 aliphatic rings. The van der Waals surface area contributed by atoms with Gasteiger partial charge in [0.2, 0.25) is 0 Å². The van der Waals surface area contributed by atoms with Crippen LogP contribution in [0.1, 0.15) is 16.1 Å². The van der Waals surface area contributed by atoms with Crippen LogP contribution in [-0.2, 0) is 9.47 Å². The van der Waals surface area contributed by atoms with Crippen molar-refractivity contribution in [3.05, 3.63) is 59.1 Å². The summed E-state index contributed by atoms with van der Waals surface area (Å²) >= 11 is 1.64. The summed E-state index contributed by atoms with van der Waals surface area (Å²) in [6.45, 7) is 8.06. The Labute approximate surface area is 198 Å². The highest BCUT2D eigenvalue weighted by Gasteiger charge is 2.21. The molecule has 0 aliphatic carbocycles. The highest BCUT2D eigenvalue weighted by molar-refractivity contribution is 7.13. The Morgan fingerprint density at radius 1 is 0.970 bits per heavy atom. The fourth-order valence-corrected chi connectivity index (χ4v) is 4.96. The first kappa shape index (κ1) is 21.9. The van der Waals surface area contributed by atoms with E-state index < -0.39 is 0 Å². The maximum atomic E-state index is 13.2. The Morgan fingerprint density at radius 3 is 2.36 bits per heavy atom. The van der Waals surface area contributed by atoms with Crippen molar-refractivity contribution in [3.8, 4) is 10.6 Å². The lowest BCUT2D eigenvalue weighted by Gasteiger charge is -2.33. The van der Waals surface area contributed by atoms with Crippen molar-refractivity contribution in [1.29, 1.82) is 0 Å². The molecule has 0 bridgehead atoms. The number of hydrogen-bond donors (Lipinski definition) is 1. The lowest BCUT2D eigenvalue weighted by molar-refractivity contribution is 0.102. The van der Waals surface area contributed by atoms with Crippen LogP contribution in [-0.4, -0.2) is 63.5 Å². The number of pyridine rings is 1. The van der Waals surface area contributed by atoms with Crippen LogP contribution in [0.5, 0.6) is 0 Å². The summed E-state index contributed by atoms with van der Waals surface area (Å²) in [5, 5.41) is 5.18. The maximum Gasteiger partial charge on any atom is 0.257 e. The molecule has 5 rings (SSSR count). The number of carbonyl (C=O) groups is 1. The van der Waals surface area contributed by atoms with E-state index in [4.69, 9.17) is 9.47 Å². The molecule has 3 aromatic rings. The first-order valence-electron chi connectivity index (χ1n) is 11.3. The van der Waals surface area contributed by atoms with Gasteiger partial charge in [-0.1, -0.05) is 6.07 Å². The van der Waals surface area contributed by atoms with Gasteiger partial charge in [-0.05, 0) is 48.7 Å².